The van der Waals surface area contributed by atoms with Gasteiger partial charge >= 0.3 is 11.1 Å². The van der Waals surface area contributed by atoms with Gasteiger partial charge in [0.05, 0.1) is 22.1 Å². The van der Waals surface area contributed by atoms with E-state index in [1.54, 1.807) is 12.1 Å². The molecule has 21 heavy (non-hydrogen) atoms. The molecule has 3 aromatic rings. The minimum atomic E-state index is -0.682. The first-order chi connectivity index (χ1) is 9.97. The number of nitrogens with one attached hydrogen (secondary N) is 2. The Bertz CT molecular complexity index is 941. The largest absolute Gasteiger partial charge is 0.320 e. The van der Waals surface area contributed by atoms with Gasteiger partial charge in [-0.25, -0.2) is 0 Å². The van der Waals surface area contributed by atoms with Gasteiger partial charge in [0.2, 0.25) is 0 Å². The van der Waals surface area contributed by atoms with Crippen LogP contribution in [0.2, 0.25) is 5.02 Å². The predicted octanol–water partition coefficient (Wildman–Crippen LogP) is 2.29. The molecule has 0 bridgehead atoms. The highest BCUT2D eigenvalue weighted by molar-refractivity contribution is 7.10. The summed E-state index contributed by atoms with van der Waals surface area (Å²) in [6, 6.07) is 4.90. The number of H-pyrrole nitrogens is 2. The Morgan fingerprint density at radius 3 is 2.48 bits per heavy atom. The first-order valence-corrected chi connectivity index (χ1v) is 7.48. The van der Waals surface area contributed by atoms with Crippen LogP contribution in [0.1, 0.15) is 22.0 Å². The van der Waals surface area contributed by atoms with E-state index in [0.717, 1.165) is 16.0 Å². The van der Waals surface area contributed by atoms with Gasteiger partial charge in [-0.3, -0.25) is 9.59 Å². The molecule has 1 aromatic carbocycles. The third kappa shape index (κ3) is 2.42. The van der Waals surface area contributed by atoms with E-state index in [9.17, 15) is 9.59 Å². The van der Waals surface area contributed by atoms with Crippen LogP contribution in [0.4, 0.5) is 0 Å². The van der Waals surface area contributed by atoms with E-state index in [-0.39, 0.29) is 6.04 Å². The number of benzene rings is 1. The lowest BCUT2D eigenvalue weighted by Gasteiger charge is -2.12. The van der Waals surface area contributed by atoms with Crippen LogP contribution in [-0.4, -0.2) is 9.97 Å². The number of rotatable bonds is 2. The van der Waals surface area contributed by atoms with Gasteiger partial charge in [-0.1, -0.05) is 17.7 Å². The van der Waals surface area contributed by atoms with Gasteiger partial charge in [0.1, 0.15) is 0 Å². The fourth-order valence-corrected chi connectivity index (χ4v) is 3.48. The van der Waals surface area contributed by atoms with Crippen molar-refractivity contribution in [1.82, 2.24) is 9.97 Å². The minimum absolute atomic E-state index is 0.379. The summed E-state index contributed by atoms with van der Waals surface area (Å²) in [5.74, 6) is 0. The van der Waals surface area contributed by atoms with Crippen molar-refractivity contribution in [2.24, 2.45) is 5.73 Å². The molecule has 4 N–H and O–H groups in total. The van der Waals surface area contributed by atoms with Gasteiger partial charge in [0, 0.05) is 4.88 Å². The van der Waals surface area contributed by atoms with Gasteiger partial charge in [-0.15, -0.1) is 11.3 Å². The molecular weight excluding hydrogens is 310 g/mol. The average molecular weight is 322 g/mol. The molecule has 2 heterocycles. The summed E-state index contributed by atoms with van der Waals surface area (Å²) in [5.41, 5.74) is 7.80. The summed E-state index contributed by atoms with van der Waals surface area (Å²) in [6.07, 6.45) is 0. The van der Waals surface area contributed by atoms with Crippen molar-refractivity contribution in [3.8, 4) is 0 Å². The van der Waals surface area contributed by atoms with E-state index in [1.165, 1.54) is 11.3 Å². The third-order valence-corrected chi connectivity index (χ3v) is 5.11. The molecule has 0 spiro atoms. The molecule has 3 rings (SSSR count). The number of aryl methyl sites for hydroxylation is 1. The number of halogens is 1. The van der Waals surface area contributed by atoms with Crippen molar-refractivity contribution in [2.45, 2.75) is 13.0 Å². The van der Waals surface area contributed by atoms with Crippen molar-refractivity contribution >= 4 is 34.0 Å². The zero-order valence-corrected chi connectivity index (χ0v) is 12.6. The molecule has 0 saturated carbocycles. The quantitative estimate of drug-likeness (QED) is 0.632. The summed E-state index contributed by atoms with van der Waals surface area (Å²) in [5, 5.41) is 2.63. The fourth-order valence-electron chi connectivity index (χ4n) is 2.14. The average Bonchev–Trinajstić information content (AvgIpc) is 2.79. The molecule has 0 aliphatic heterocycles. The lowest BCUT2D eigenvalue weighted by Crippen LogP contribution is -2.29. The van der Waals surface area contributed by atoms with Crippen LogP contribution in [0.3, 0.4) is 0 Å². The SMILES string of the molecule is Cc1csc(C(N)c2ccc3[nH]c(=O)c(=O)[nH]c3c2)c1Cl. The lowest BCUT2D eigenvalue weighted by molar-refractivity contribution is 0.893. The Labute approximate surface area is 128 Å². The van der Waals surface area contributed by atoms with Crippen LogP contribution in [0.25, 0.3) is 11.0 Å². The van der Waals surface area contributed by atoms with E-state index in [4.69, 9.17) is 17.3 Å². The Morgan fingerprint density at radius 2 is 1.86 bits per heavy atom. The third-order valence-electron chi connectivity index (χ3n) is 3.31. The van der Waals surface area contributed by atoms with Crippen molar-refractivity contribution in [2.75, 3.05) is 0 Å². The highest BCUT2D eigenvalue weighted by Crippen LogP contribution is 2.34. The summed E-state index contributed by atoms with van der Waals surface area (Å²) in [6.45, 7) is 1.93. The van der Waals surface area contributed by atoms with E-state index in [2.05, 4.69) is 9.97 Å². The van der Waals surface area contributed by atoms with Crippen molar-refractivity contribution in [1.29, 1.82) is 0 Å². The summed E-state index contributed by atoms with van der Waals surface area (Å²) in [4.78, 5) is 28.6. The van der Waals surface area contributed by atoms with Crippen molar-refractivity contribution in [3.05, 3.63) is 65.3 Å². The molecule has 0 saturated heterocycles. The zero-order valence-electron chi connectivity index (χ0n) is 11.1. The van der Waals surface area contributed by atoms with Gasteiger partial charge in [-0.2, -0.15) is 0 Å². The summed E-state index contributed by atoms with van der Waals surface area (Å²) in [7, 11) is 0. The van der Waals surface area contributed by atoms with E-state index >= 15 is 0 Å². The molecule has 0 amide bonds. The minimum Gasteiger partial charge on any atom is -0.320 e. The van der Waals surface area contributed by atoms with Crippen LogP contribution in [0.5, 0.6) is 0 Å². The number of thiophene rings is 1. The van der Waals surface area contributed by atoms with Gasteiger partial charge in [-0.05, 0) is 35.6 Å². The van der Waals surface area contributed by atoms with Crippen molar-refractivity contribution < 1.29 is 0 Å². The number of hydrogen-bond acceptors (Lipinski definition) is 4. The second kappa shape index (κ2) is 5.14. The smallest absolute Gasteiger partial charge is 0.314 e. The van der Waals surface area contributed by atoms with Crippen LogP contribution in [0.15, 0.2) is 33.2 Å². The van der Waals surface area contributed by atoms with Crippen molar-refractivity contribution in [3.63, 3.8) is 0 Å². The molecule has 0 aliphatic rings. The molecule has 108 valence electrons. The van der Waals surface area contributed by atoms with Crippen LogP contribution in [0, 0.1) is 6.92 Å². The number of aromatic amines is 2. The van der Waals surface area contributed by atoms with Gasteiger partial charge in [0.25, 0.3) is 0 Å². The van der Waals surface area contributed by atoms with Crippen LogP contribution >= 0.6 is 22.9 Å². The van der Waals surface area contributed by atoms with E-state index in [1.807, 2.05) is 18.4 Å². The second-order valence-electron chi connectivity index (χ2n) is 4.79. The Balaban J connectivity index is 2.12. The molecule has 0 aliphatic carbocycles. The highest BCUT2D eigenvalue weighted by Gasteiger charge is 2.16. The predicted molar refractivity (Wildman–Crippen MR) is 85.3 cm³/mol. The van der Waals surface area contributed by atoms with E-state index in [0.29, 0.717) is 16.1 Å². The number of fused-ring (bicyclic) bond motifs is 1. The zero-order chi connectivity index (χ0) is 15.1. The first kappa shape index (κ1) is 14.1. The highest BCUT2D eigenvalue weighted by atomic mass is 35.5. The molecule has 0 radical (unpaired) electrons. The fraction of sp³-hybridized carbons (Fsp3) is 0.143. The summed E-state index contributed by atoms with van der Waals surface area (Å²) < 4.78 is 0. The number of aromatic nitrogens is 2. The van der Waals surface area contributed by atoms with Crippen LogP contribution < -0.4 is 16.9 Å². The summed E-state index contributed by atoms with van der Waals surface area (Å²) >= 11 is 7.75. The first-order valence-electron chi connectivity index (χ1n) is 6.22. The Kier molecular flexibility index (Phi) is 3.44. The molecule has 7 heteroatoms. The maximum absolute atomic E-state index is 11.4. The van der Waals surface area contributed by atoms with Gasteiger partial charge < -0.3 is 15.7 Å². The molecule has 1 unspecified atom stereocenters. The van der Waals surface area contributed by atoms with Crippen LogP contribution in [-0.2, 0) is 0 Å². The molecule has 5 nitrogen and oxygen atoms in total. The number of nitrogens with two attached hydrogens (primary N) is 1. The maximum atomic E-state index is 11.4. The molecule has 0 fully saturated rings. The Morgan fingerprint density at radius 1 is 1.19 bits per heavy atom. The standard InChI is InChI=1S/C14H12ClN3O2S/c1-6-5-21-12(10(6)15)11(16)7-2-3-8-9(4-7)18-14(20)13(19)17-8/h2-5,11H,16H2,1H3,(H,17,19)(H,18,20). The Hall–Kier alpha value is -1.89. The molecule has 2 aromatic heterocycles. The topological polar surface area (TPSA) is 91.7 Å². The monoisotopic (exact) mass is 321 g/mol. The van der Waals surface area contributed by atoms with E-state index < -0.39 is 11.1 Å². The second-order valence-corrected chi connectivity index (χ2v) is 6.08. The molecule has 1 atom stereocenters. The van der Waals surface area contributed by atoms with Gasteiger partial charge in [0.15, 0.2) is 0 Å². The lowest BCUT2D eigenvalue weighted by atomic mass is 10.0. The maximum Gasteiger partial charge on any atom is 0.314 e. The normalized spacial score (nSPS) is 12.7. The number of hydrogen-bond donors (Lipinski definition) is 3. The molecular formula is C14H12ClN3O2S.